The van der Waals surface area contributed by atoms with E-state index in [9.17, 15) is 5.11 Å². The Kier molecular flexibility index (Phi) is 5.80. The Balaban J connectivity index is 1.70. The largest absolute Gasteiger partial charge is 0.491 e. The Morgan fingerprint density at radius 3 is 2.78 bits per heavy atom. The van der Waals surface area contributed by atoms with E-state index in [2.05, 4.69) is 31.2 Å². The lowest BCUT2D eigenvalue weighted by Crippen LogP contribution is -2.31. The quantitative estimate of drug-likeness (QED) is 0.824. The number of benzene rings is 1. The Bertz CT molecular complexity index is 617. The second kappa shape index (κ2) is 7.62. The van der Waals surface area contributed by atoms with Gasteiger partial charge in [-0.2, -0.15) is 5.10 Å². The number of hydrogen-bond acceptors (Lipinski definition) is 4. The molecule has 2 rings (SSSR count). The van der Waals surface area contributed by atoms with Gasteiger partial charge < -0.3 is 15.2 Å². The van der Waals surface area contributed by atoms with Crippen molar-refractivity contribution in [3.63, 3.8) is 0 Å². The molecule has 1 heterocycles. The zero-order valence-corrected chi connectivity index (χ0v) is 14.4. The lowest BCUT2D eigenvalue weighted by molar-refractivity contribution is 0.106. The number of hydrogen-bond donors (Lipinski definition) is 2. The van der Waals surface area contributed by atoms with Crippen LogP contribution < -0.4 is 10.1 Å². The smallest absolute Gasteiger partial charge is 0.119 e. The minimum Gasteiger partial charge on any atom is -0.491 e. The molecule has 0 aliphatic heterocycles. The van der Waals surface area contributed by atoms with Gasteiger partial charge >= 0.3 is 0 Å². The fraction of sp³-hybridized carbons (Fsp3) is 0.500. The van der Waals surface area contributed by atoms with Crippen LogP contribution in [0, 0.1) is 6.92 Å². The van der Waals surface area contributed by atoms with Crippen molar-refractivity contribution >= 4 is 0 Å². The molecule has 0 aliphatic rings. The van der Waals surface area contributed by atoms with Gasteiger partial charge in [-0.25, -0.2) is 0 Å². The average Bonchev–Trinajstić information content (AvgIpc) is 2.94. The van der Waals surface area contributed by atoms with Crippen LogP contribution in [0.25, 0.3) is 0 Å². The standard InChI is InChI=1S/C18H27N3O2/c1-14-6-5-7-17(8-14)23-13-16(22)11-19-9-15-10-20-21(12-15)18(2,3)4/h5-8,10,12,16,19,22H,9,11,13H2,1-4H3. The summed E-state index contributed by atoms with van der Waals surface area (Å²) in [6.07, 6.45) is 3.34. The van der Waals surface area contributed by atoms with E-state index in [4.69, 9.17) is 4.74 Å². The van der Waals surface area contributed by atoms with Crippen molar-refractivity contribution in [1.82, 2.24) is 15.1 Å². The number of aryl methyl sites for hydroxylation is 1. The van der Waals surface area contributed by atoms with Crippen molar-refractivity contribution in [3.05, 3.63) is 47.8 Å². The lowest BCUT2D eigenvalue weighted by atomic mass is 10.1. The van der Waals surface area contributed by atoms with Gasteiger partial charge in [0, 0.05) is 24.8 Å². The molecule has 23 heavy (non-hydrogen) atoms. The SMILES string of the molecule is Cc1cccc(OCC(O)CNCc2cnn(C(C)(C)C)c2)c1. The van der Waals surface area contributed by atoms with E-state index in [-0.39, 0.29) is 12.1 Å². The zero-order chi connectivity index (χ0) is 16.9. The molecule has 5 heteroatoms. The molecule has 0 fully saturated rings. The highest BCUT2D eigenvalue weighted by Gasteiger charge is 2.14. The average molecular weight is 317 g/mol. The number of aromatic nitrogens is 2. The molecule has 0 saturated carbocycles. The van der Waals surface area contributed by atoms with Crippen molar-refractivity contribution in [3.8, 4) is 5.75 Å². The Labute approximate surface area is 138 Å². The monoisotopic (exact) mass is 317 g/mol. The summed E-state index contributed by atoms with van der Waals surface area (Å²) in [5.41, 5.74) is 2.23. The molecule has 0 spiro atoms. The molecule has 126 valence electrons. The van der Waals surface area contributed by atoms with Gasteiger partial charge in [-0.05, 0) is 45.4 Å². The summed E-state index contributed by atoms with van der Waals surface area (Å²) in [7, 11) is 0. The molecule has 2 N–H and O–H groups in total. The molecule has 0 saturated heterocycles. The van der Waals surface area contributed by atoms with E-state index in [1.807, 2.05) is 48.3 Å². The van der Waals surface area contributed by atoms with Crippen molar-refractivity contribution in [2.75, 3.05) is 13.2 Å². The zero-order valence-electron chi connectivity index (χ0n) is 14.4. The van der Waals surface area contributed by atoms with Crippen molar-refractivity contribution in [2.24, 2.45) is 0 Å². The maximum Gasteiger partial charge on any atom is 0.119 e. The van der Waals surface area contributed by atoms with Crippen LogP contribution in [0.3, 0.4) is 0 Å². The van der Waals surface area contributed by atoms with Crippen LogP contribution in [0.4, 0.5) is 0 Å². The van der Waals surface area contributed by atoms with Crippen LogP contribution in [-0.4, -0.2) is 34.1 Å². The van der Waals surface area contributed by atoms with Gasteiger partial charge in [0.05, 0.1) is 11.7 Å². The summed E-state index contributed by atoms with van der Waals surface area (Å²) >= 11 is 0. The number of nitrogens with one attached hydrogen (secondary N) is 1. The predicted molar refractivity (Wildman–Crippen MR) is 91.6 cm³/mol. The topological polar surface area (TPSA) is 59.3 Å². The van der Waals surface area contributed by atoms with Crippen LogP contribution in [0.15, 0.2) is 36.7 Å². The maximum absolute atomic E-state index is 9.98. The normalized spacial score (nSPS) is 13.1. The van der Waals surface area contributed by atoms with Crippen molar-refractivity contribution in [2.45, 2.75) is 45.9 Å². The molecule has 2 aromatic rings. The van der Waals surface area contributed by atoms with E-state index in [0.29, 0.717) is 13.1 Å². The fourth-order valence-corrected chi connectivity index (χ4v) is 2.16. The first-order chi connectivity index (χ1) is 10.8. The molecule has 5 nitrogen and oxygen atoms in total. The van der Waals surface area contributed by atoms with Crippen LogP contribution in [0.2, 0.25) is 0 Å². The van der Waals surface area contributed by atoms with Gasteiger partial charge in [0.1, 0.15) is 18.5 Å². The number of aliphatic hydroxyl groups is 1. The van der Waals surface area contributed by atoms with Crippen molar-refractivity contribution < 1.29 is 9.84 Å². The minimum absolute atomic E-state index is 0.0145. The molecular weight excluding hydrogens is 290 g/mol. The first-order valence-corrected chi connectivity index (χ1v) is 7.97. The summed E-state index contributed by atoms with van der Waals surface area (Å²) < 4.78 is 7.54. The Morgan fingerprint density at radius 2 is 2.13 bits per heavy atom. The summed E-state index contributed by atoms with van der Waals surface area (Å²) in [6.45, 7) is 9.79. The van der Waals surface area contributed by atoms with Gasteiger partial charge in [-0.15, -0.1) is 0 Å². The van der Waals surface area contributed by atoms with Gasteiger partial charge in [0.15, 0.2) is 0 Å². The van der Waals surface area contributed by atoms with Gasteiger partial charge in [0.2, 0.25) is 0 Å². The second-order valence-electron chi connectivity index (χ2n) is 6.88. The van der Waals surface area contributed by atoms with E-state index in [1.54, 1.807) is 0 Å². The highest BCUT2D eigenvalue weighted by Crippen LogP contribution is 2.13. The molecule has 1 aromatic carbocycles. The maximum atomic E-state index is 9.98. The van der Waals surface area contributed by atoms with E-state index in [0.717, 1.165) is 16.9 Å². The third-order valence-corrected chi connectivity index (χ3v) is 3.46. The molecule has 1 unspecified atom stereocenters. The van der Waals surface area contributed by atoms with Gasteiger partial charge in [-0.3, -0.25) is 4.68 Å². The third-order valence-electron chi connectivity index (χ3n) is 3.46. The highest BCUT2D eigenvalue weighted by atomic mass is 16.5. The van der Waals surface area contributed by atoms with E-state index >= 15 is 0 Å². The molecule has 1 atom stereocenters. The number of nitrogens with zero attached hydrogens (tertiary/aromatic N) is 2. The third kappa shape index (κ3) is 5.69. The first kappa shape index (κ1) is 17.5. The number of rotatable bonds is 7. The molecule has 1 aromatic heterocycles. The minimum atomic E-state index is -0.548. The molecule has 0 aliphatic carbocycles. The number of ether oxygens (including phenoxy) is 1. The summed E-state index contributed by atoms with van der Waals surface area (Å²) in [4.78, 5) is 0. The second-order valence-corrected chi connectivity index (χ2v) is 6.88. The van der Waals surface area contributed by atoms with E-state index < -0.39 is 6.10 Å². The van der Waals surface area contributed by atoms with Gasteiger partial charge in [-0.1, -0.05) is 12.1 Å². The first-order valence-electron chi connectivity index (χ1n) is 7.97. The Hall–Kier alpha value is -1.85. The highest BCUT2D eigenvalue weighted by molar-refractivity contribution is 5.27. The summed E-state index contributed by atoms with van der Waals surface area (Å²) in [5.74, 6) is 0.788. The van der Waals surface area contributed by atoms with Crippen LogP contribution in [0.1, 0.15) is 31.9 Å². The fourth-order valence-electron chi connectivity index (χ4n) is 2.16. The predicted octanol–water partition coefficient (Wildman–Crippen LogP) is 2.48. The van der Waals surface area contributed by atoms with Crippen LogP contribution in [0.5, 0.6) is 5.75 Å². The summed E-state index contributed by atoms with van der Waals surface area (Å²) in [6, 6.07) is 7.82. The van der Waals surface area contributed by atoms with Crippen molar-refractivity contribution in [1.29, 1.82) is 0 Å². The molecule has 0 bridgehead atoms. The van der Waals surface area contributed by atoms with E-state index in [1.165, 1.54) is 0 Å². The molecular formula is C18H27N3O2. The van der Waals surface area contributed by atoms with Gasteiger partial charge in [0.25, 0.3) is 0 Å². The molecule has 0 radical (unpaired) electrons. The molecule has 0 amide bonds. The lowest BCUT2D eigenvalue weighted by Gasteiger charge is -2.18. The van der Waals surface area contributed by atoms with Crippen LogP contribution >= 0.6 is 0 Å². The van der Waals surface area contributed by atoms with Crippen LogP contribution in [-0.2, 0) is 12.1 Å². The Morgan fingerprint density at radius 1 is 1.35 bits per heavy atom. The summed E-state index contributed by atoms with van der Waals surface area (Å²) in [5, 5.41) is 17.6. The number of aliphatic hydroxyl groups excluding tert-OH is 1.